The van der Waals surface area contributed by atoms with E-state index in [0.717, 1.165) is 5.92 Å². The summed E-state index contributed by atoms with van der Waals surface area (Å²) >= 11 is 0. The molecule has 0 radical (unpaired) electrons. The second kappa shape index (κ2) is 4.19. The van der Waals surface area contributed by atoms with Crippen LogP contribution in [0.5, 0.6) is 0 Å². The predicted octanol–water partition coefficient (Wildman–Crippen LogP) is 2.64. The lowest BCUT2D eigenvalue weighted by Gasteiger charge is -2.06. The van der Waals surface area contributed by atoms with Crippen molar-refractivity contribution in [3.8, 4) is 0 Å². The molecule has 1 aromatic carbocycles. The summed E-state index contributed by atoms with van der Waals surface area (Å²) in [5.41, 5.74) is 4.29. The molecule has 90 valence electrons. The fourth-order valence-electron chi connectivity index (χ4n) is 3.12. The van der Waals surface area contributed by atoms with Crippen molar-refractivity contribution >= 4 is 10.9 Å². The highest BCUT2D eigenvalue weighted by Gasteiger charge is 2.17. The minimum absolute atomic E-state index is 0.820. The van der Waals surface area contributed by atoms with Crippen molar-refractivity contribution in [2.75, 3.05) is 13.1 Å². The van der Waals surface area contributed by atoms with Gasteiger partial charge in [-0.1, -0.05) is 18.2 Å². The number of nitrogens with zero attached hydrogens (tertiary/aromatic N) is 1. The largest absolute Gasteiger partial charge is 0.350 e. The molecule has 1 unspecified atom stereocenters. The molecule has 2 nitrogen and oxygen atoms in total. The first-order valence-corrected chi connectivity index (χ1v) is 6.50. The van der Waals surface area contributed by atoms with Crippen LogP contribution in [0.2, 0.25) is 0 Å². The number of aryl methyl sites for hydroxylation is 2. The summed E-state index contributed by atoms with van der Waals surface area (Å²) in [6, 6.07) is 6.64. The molecular formula is C15H20N2. The van der Waals surface area contributed by atoms with Crippen molar-refractivity contribution in [1.82, 2.24) is 9.88 Å². The van der Waals surface area contributed by atoms with Crippen molar-refractivity contribution in [3.63, 3.8) is 0 Å². The predicted molar refractivity (Wildman–Crippen MR) is 72.3 cm³/mol. The fraction of sp³-hybridized carbons (Fsp3) is 0.467. The average Bonchev–Trinajstić information content (AvgIpc) is 2.90. The van der Waals surface area contributed by atoms with E-state index < -0.39 is 0 Å². The van der Waals surface area contributed by atoms with Gasteiger partial charge in [-0.15, -0.1) is 0 Å². The minimum Gasteiger partial charge on any atom is -0.350 e. The van der Waals surface area contributed by atoms with Crippen molar-refractivity contribution < 1.29 is 0 Å². The van der Waals surface area contributed by atoms with Gasteiger partial charge in [0.2, 0.25) is 0 Å². The Hall–Kier alpha value is -1.28. The first-order valence-electron chi connectivity index (χ1n) is 6.50. The fourth-order valence-corrected chi connectivity index (χ4v) is 3.12. The van der Waals surface area contributed by atoms with Gasteiger partial charge in [-0.25, -0.2) is 0 Å². The molecule has 0 bridgehead atoms. The van der Waals surface area contributed by atoms with Crippen LogP contribution in [0.3, 0.4) is 0 Å². The third kappa shape index (κ3) is 1.87. The minimum atomic E-state index is 0.820. The van der Waals surface area contributed by atoms with E-state index in [9.17, 15) is 0 Å². The zero-order valence-electron chi connectivity index (χ0n) is 10.7. The summed E-state index contributed by atoms with van der Waals surface area (Å²) in [7, 11) is 2.16. The molecule has 1 aliphatic rings. The van der Waals surface area contributed by atoms with Crippen molar-refractivity contribution in [1.29, 1.82) is 0 Å². The van der Waals surface area contributed by atoms with Crippen LogP contribution in [0.25, 0.3) is 10.9 Å². The summed E-state index contributed by atoms with van der Waals surface area (Å²) in [5.74, 6) is 0.820. The summed E-state index contributed by atoms with van der Waals surface area (Å²) in [6.07, 6.45) is 4.85. The highest BCUT2D eigenvalue weighted by Crippen LogP contribution is 2.26. The van der Waals surface area contributed by atoms with Gasteiger partial charge < -0.3 is 9.88 Å². The Morgan fingerprint density at radius 1 is 1.41 bits per heavy atom. The van der Waals surface area contributed by atoms with E-state index in [1.807, 2.05) is 0 Å². The van der Waals surface area contributed by atoms with Crippen LogP contribution in [0.15, 0.2) is 24.4 Å². The molecular weight excluding hydrogens is 208 g/mol. The lowest BCUT2D eigenvalue weighted by molar-refractivity contribution is 0.581. The summed E-state index contributed by atoms with van der Waals surface area (Å²) in [6.45, 7) is 4.57. The Morgan fingerprint density at radius 2 is 2.29 bits per heavy atom. The molecule has 1 N–H and O–H groups in total. The van der Waals surface area contributed by atoms with Crippen molar-refractivity contribution in [2.24, 2.45) is 13.0 Å². The zero-order valence-corrected chi connectivity index (χ0v) is 10.7. The Balaban J connectivity index is 2.01. The van der Waals surface area contributed by atoms with Crippen LogP contribution >= 0.6 is 0 Å². The third-order valence-electron chi connectivity index (χ3n) is 3.96. The number of para-hydroxylation sites is 1. The second-order valence-corrected chi connectivity index (χ2v) is 5.30. The second-order valence-electron chi connectivity index (χ2n) is 5.30. The Kier molecular flexibility index (Phi) is 2.67. The first-order chi connectivity index (χ1) is 8.25. The number of benzene rings is 1. The Morgan fingerprint density at radius 3 is 3.06 bits per heavy atom. The van der Waals surface area contributed by atoms with Gasteiger partial charge in [0.1, 0.15) is 0 Å². The Bertz CT molecular complexity index is 533. The molecule has 1 fully saturated rings. The Labute approximate surface area is 103 Å². The van der Waals surface area contributed by atoms with Crippen LogP contribution in [0.4, 0.5) is 0 Å². The van der Waals surface area contributed by atoms with Gasteiger partial charge in [0.15, 0.2) is 0 Å². The first kappa shape index (κ1) is 10.8. The molecule has 0 amide bonds. The molecule has 1 aromatic heterocycles. The normalized spacial score (nSPS) is 20.2. The maximum atomic E-state index is 3.45. The van der Waals surface area contributed by atoms with Gasteiger partial charge in [-0.05, 0) is 49.9 Å². The number of nitrogens with one attached hydrogen (secondary N) is 1. The monoisotopic (exact) mass is 228 g/mol. The van der Waals surface area contributed by atoms with Gasteiger partial charge in [0.05, 0.1) is 5.52 Å². The van der Waals surface area contributed by atoms with Gasteiger partial charge in [0, 0.05) is 18.6 Å². The number of aromatic nitrogens is 1. The van der Waals surface area contributed by atoms with Crippen LogP contribution < -0.4 is 5.32 Å². The highest BCUT2D eigenvalue weighted by atomic mass is 14.9. The summed E-state index contributed by atoms with van der Waals surface area (Å²) < 4.78 is 2.28. The topological polar surface area (TPSA) is 17.0 Å². The van der Waals surface area contributed by atoms with Crippen molar-refractivity contribution in [2.45, 2.75) is 19.8 Å². The van der Waals surface area contributed by atoms with Crippen LogP contribution in [-0.4, -0.2) is 17.7 Å². The summed E-state index contributed by atoms with van der Waals surface area (Å²) in [4.78, 5) is 0. The maximum Gasteiger partial charge on any atom is 0.0510 e. The van der Waals surface area contributed by atoms with Gasteiger partial charge >= 0.3 is 0 Å². The molecule has 0 spiro atoms. The molecule has 2 heteroatoms. The van der Waals surface area contributed by atoms with Gasteiger partial charge in [0.25, 0.3) is 0 Å². The maximum absolute atomic E-state index is 3.45. The smallest absolute Gasteiger partial charge is 0.0510 e. The molecule has 3 rings (SSSR count). The van der Waals surface area contributed by atoms with E-state index in [4.69, 9.17) is 0 Å². The lowest BCUT2D eigenvalue weighted by Crippen LogP contribution is -2.10. The highest BCUT2D eigenvalue weighted by molar-refractivity contribution is 5.86. The zero-order chi connectivity index (χ0) is 11.8. The van der Waals surface area contributed by atoms with Gasteiger partial charge in [-0.2, -0.15) is 0 Å². The molecule has 0 aliphatic carbocycles. The van der Waals surface area contributed by atoms with E-state index in [2.05, 4.69) is 48.3 Å². The van der Waals surface area contributed by atoms with E-state index in [1.54, 1.807) is 0 Å². The molecule has 1 atom stereocenters. The molecule has 1 saturated heterocycles. The quantitative estimate of drug-likeness (QED) is 0.836. The molecule has 1 aliphatic heterocycles. The standard InChI is InChI=1S/C15H20N2/c1-11-4-3-5-14-13(10-17(2)15(11)14)8-12-6-7-16-9-12/h3-5,10,12,16H,6-9H2,1-2H3. The summed E-state index contributed by atoms with van der Waals surface area (Å²) in [5, 5.41) is 4.90. The third-order valence-corrected chi connectivity index (χ3v) is 3.96. The number of fused-ring (bicyclic) bond motifs is 1. The molecule has 2 heterocycles. The van der Waals surface area contributed by atoms with Crippen LogP contribution in [-0.2, 0) is 13.5 Å². The lowest BCUT2D eigenvalue weighted by atomic mass is 9.98. The SMILES string of the molecule is Cc1cccc2c(CC3CCNC3)cn(C)c12. The van der Waals surface area contributed by atoms with Gasteiger partial charge in [-0.3, -0.25) is 0 Å². The number of rotatable bonds is 2. The molecule has 17 heavy (non-hydrogen) atoms. The van der Waals surface area contributed by atoms with E-state index in [0.29, 0.717) is 0 Å². The number of hydrogen-bond acceptors (Lipinski definition) is 1. The van der Waals surface area contributed by atoms with Crippen LogP contribution in [0.1, 0.15) is 17.5 Å². The molecule has 0 saturated carbocycles. The number of hydrogen-bond donors (Lipinski definition) is 1. The van der Waals surface area contributed by atoms with E-state index in [1.165, 1.54) is 48.0 Å². The average molecular weight is 228 g/mol. The van der Waals surface area contributed by atoms with E-state index >= 15 is 0 Å². The van der Waals surface area contributed by atoms with E-state index in [-0.39, 0.29) is 0 Å². The van der Waals surface area contributed by atoms with Crippen molar-refractivity contribution in [3.05, 3.63) is 35.5 Å². The molecule has 2 aromatic rings. The van der Waals surface area contributed by atoms with Crippen LogP contribution in [0, 0.1) is 12.8 Å².